The number of hydrogen-bond donors (Lipinski definition) is 1. The molecule has 2 aromatic heterocycles. The first kappa shape index (κ1) is 19.0. The molecule has 12 heteroatoms. The second kappa shape index (κ2) is 6.41. The molecule has 3 rings (SSSR count). The van der Waals surface area contributed by atoms with Crippen LogP contribution < -0.4 is 5.73 Å². The summed E-state index contributed by atoms with van der Waals surface area (Å²) < 4.78 is 80.0. The summed E-state index contributed by atoms with van der Waals surface area (Å²) in [5, 5.41) is 2.96. The third kappa shape index (κ3) is 3.68. The first-order valence-electron chi connectivity index (χ1n) is 7.09. The topological polar surface area (TPSA) is 69.6 Å². The molecule has 2 N–H and O–H groups in total. The number of halogens is 7. The highest BCUT2D eigenvalue weighted by Gasteiger charge is 2.40. The SMILES string of the molecule is Nc1c(-c2cc(Cl)cc(C(F)(F)F)c2)c(C(F)(F)F)nn1-c1ncccn1. The van der Waals surface area contributed by atoms with E-state index >= 15 is 0 Å². The van der Waals surface area contributed by atoms with Crippen molar-refractivity contribution < 1.29 is 26.3 Å². The monoisotopic (exact) mass is 407 g/mol. The number of benzene rings is 1. The van der Waals surface area contributed by atoms with Gasteiger partial charge in [-0.3, -0.25) is 0 Å². The van der Waals surface area contributed by atoms with E-state index in [0.29, 0.717) is 16.8 Å². The fourth-order valence-electron chi connectivity index (χ4n) is 2.36. The molecule has 0 fully saturated rings. The predicted molar refractivity (Wildman–Crippen MR) is 84.0 cm³/mol. The lowest BCUT2D eigenvalue weighted by Gasteiger charge is -2.11. The molecule has 0 bridgehead atoms. The van der Waals surface area contributed by atoms with Crippen molar-refractivity contribution in [2.45, 2.75) is 12.4 Å². The summed E-state index contributed by atoms with van der Waals surface area (Å²) in [5.74, 6) is -0.853. The number of alkyl halides is 6. The number of aromatic nitrogens is 4. The zero-order valence-electron chi connectivity index (χ0n) is 13.0. The average molecular weight is 408 g/mol. The van der Waals surface area contributed by atoms with E-state index < -0.39 is 45.6 Å². The number of rotatable bonds is 2. The van der Waals surface area contributed by atoms with E-state index in [9.17, 15) is 26.3 Å². The van der Waals surface area contributed by atoms with E-state index in [1.807, 2.05) is 0 Å². The fourth-order valence-corrected chi connectivity index (χ4v) is 2.60. The van der Waals surface area contributed by atoms with E-state index in [4.69, 9.17) is 17.3 Å². The molecule has 27 heavy (non-hydrogen) atoms. The minimum atomic E-state index is -5.00. The molecular weight excluding hydrogens is 400 g/mol. The van der Waals surface area contributed by atoms with E-state index in [2.05, 4.69) is 15.1 Å². The highest BCUT2D eigenvalue weighted by Crippen LogP contribution is 2.42. The molecular formula is C15H8ClF6N5. The fraction of sp³-hybridized carbons (Fsp3) is 0.133. The van der Waals surface area contributed by atoms with Crippen LogP contribution in [0.25, 0.3) is 17.1 Å². The first-order valence-corrected chi connectivity index (χ1v) is 7.47. The van der Waals surface area contributed by atoms with Crippen LogP contribution in [0, 0.1) is 0 Å². The lowest BCUT2D eigenvalue weighted by Crippen LogP contribution is -2.10. The summed E-state index contributed by atoms with van der Waals surface area (Å²) in [6.45, 7) is 0. The van der Waals surface area contributed by atoms with Gasteiger partial charge in [0, 0.05) is 17.4 Å². The number of hydrogen-bond acceptors (Lipinski definition) is 4. The van der Waals surface area contributed by atoms with Gasteiger partial charge in [-0.2, -0.15) is 36.1 Å². The van der Waals surface area contributed by atoms with Gasteiger partial charge >= 0.3 is 12.4 Å². The van der Waals surface area contributed by atoms with E-state index in [1.165, 1.54) is 18.5 Å². The smallest absolute Gasteiger partial charge is 0.383 e. The van der Waals surface area contributed by atoms with Gasteiger partial charge in [0.15, 0.2) is 5.69 Å². The van der Waals surface area contributed by atoms with Crippen LogP contribution in [0.3, 0.4) is 0 Å². The van der Waals surface area contributed by atoms with Gasteiger partial charge in [-0.1, -0.05) is 11.6 Å². The van der Waals surface area contributed by atoms with Gasteiger partial charge in [0.05, 0.1) is 11.1 Å². The molecule has 0 atom stereocenters. The van der Waals surface area contributed by atoms with Crippen molar-refractivity contribution >= 4 is 17.4 Å². The molecule has 5 nitrogen and oxygen atoms in total. The van der Waals surface area contributed by atoms with E-state index in [1.54, 1.807) is 0 Å². The molecule has 142 valence electrons. The summed E-state index contributed by atoms with van der Waals surface area (Å²) >= 11 is 5.67. The Morgan fingerprint density at radius 2 is 1.56 bits per heavy atom. The Bertz CT molecular complexity index is 981. The third-order valence-electron chi connectivity index (χ3n) is 3.45. The number of nitrogens with zero attached hydrogens (tertiary/aromatic N) is 4. The highest BCUT2D eigenvalue weighted by molar-refractivity contribution is 6.31. The molecule has 0 saturated carbocycles. The zero-order chi connectivity index (χ0) is 20.0. The maximum atomic E-state index is 13.5. The van der Waals surface area contributed by atoms with Crippen molar-refractivity contribution in [2.75, 3.05) is 5.73 Å². The van der Waals surface area contributed by atoms with Crippen LogP contribution in [0.1, 0.15) is 11.3 Å². The summed E-state index contributed by atoms with van der Waals surface area (Å²) in [6, 6.07) is 3.47. The van der Waals surface area contributed by atoms with Gasteiger partial charge in [-0.25, -0.2) is 9.97 Å². The molecule has 0 aliphatic rings. The van der Waals surface area contributed by atoms with Crippen molar-refractivity contribution in [1.82, 2.24) is 19.7 Å². The molecule has 2 heterocycles. The summed E-state index contributed by atoms with van der Waals surface area (Å²) in [4.78, 5) is 7.50. The van der Waals surface area contributed by atoms with Crippen LogP contribution in [-0.2, 0) is 12.4 Å². The summed E-state index contributed by atoms with van der Waals surface area (Å²) in [6.07, 6.45) is -7.31. The summed E-state index contributed by atoms with van der Waals surface area (Å²) in [5.41, 5.74) is 1.83. The van der Waals surface area contributed by atoms with Crippen molar-refractivity contribution in [1.29, 1.82) is 0 Å². The maximum Gasteiger partial charge on any atom is 0.435 e. The van der Waals surface area contributed by atoms with Crippen LogP contribution >= 0.6 is 11.6 Å². The minimum absolute atomic E-state index is 0.273. The van der Waals surface area contributed by atoms with Crippen LogP contribution in [0.4, 0.5) is 32.2 Å². The predicted octanol–water partition coefficient (Wildman–Crippen LogP) is 4.60. The molecule has 3 aromatic rings. The second-order valence-electron chi connectivity index (χ2n) is 5.29. The van der Waals surface area contributed by atoms with Gasteiger partial charge in [-0.15, -0.1) is 0 Å². The van der Waals surface area contributed by atoms with Gasteiger partial charge in [-0.05, 0) is 29.8 Å². The number of nitrogen functional groups attached to an aromatic ring is 1. The lowest BCUT2D eigenvalue weighted by molar-refractivity contribution is -0.140. The van der Waals surface area contributed by atoms with Crippen LogP contribution in [0.5, 0.6) is 0 Å². The Kier molecular flexibility index (Phi) is 4.50. The number of nitrogens with two attached hydrogens (primary N) is 1. The van der Waals surface area contributed by atoms with E-state index in [-0.39, 0.29) is 5.95 Å². The van der Waals surface area contributed by atoms with Crippen LogP contribution in [0.2, 0.25) is 5.02 Å². The van der Waals surface area contributed by atoms with Crippen molar-refractivity contribution in [3.8, 4) is 17.1 Å². The Morgan fingerprint density at radius 3 is 2.11 bits per heavy atom. The Morgan fingerprint density at radius 1 is 0.926 bits per heavy atom. The van der Waals surface area contributed by atoms with Gasteiger partial charge in [0.1, 0.15) is 5.82 Å². The molecule has 0 amide bonds. The Labute approximate surface area is 152 Å². The molecule has 0 aliphatic carbocycles. The van der Waals surface area contributed by atoms with Crippen molar-refractivity contribution in [3.63, 3.8) is 0 Å². The second-order valence-corrected chi connectivity index (χ2v) is 5.73. The zero-order valence-corrected chi connectivity index (χ0v) is 13.7. The minimum Gasteiger partial charge on any atom is -0.383 e. The maximum absolute atomic E-state index is 13.5. The molecule has 0 saturated heterocycles. The molecule has 0 radical (unpaired) electrons. The molecule has 0 aliphatic heterocycles. The van der Waals surface area contributed by atoms with Gasteiger partial charge in [0.25, 0.3) is 5.95 Å². The quantitative estimate of drug-likeness (QED) is 0.630. The Balaban J connectivity index is 2.30. The van der Waals surface area contributed by atoms with E-state index in [0.717, 1.165) is 6.07 Å². The van der Waals surface area contributed by atoms with Gasteiger partial charge < -0.3 is 5.73 Å². The first-order chi connectivity index (χ1) is 12.5. The molecule has 1 aromatic carbocycles. The largest absolute Gasteiger partial charge is 0.435 e. The van der Waals surface area contributed by atoms with Crippen molar-refractivity contribution in [2.24, 2.45) is 0 Å². The standard InChI is InChI=1S/C15H8ClF6N5/c16-9-5-7(4-8(6-9)14(17,18)19)10-11(15(20,21)22)26-27(12(10)23)13-24-2-1-3-25-13/h1-6H,23H2. The third-order valence-corrected chi connectivity index (χ3v) is 3.66. The molecule has 0 spiro atoms. The Hall–Kier alpha value is -2.82. The lowest BCUT2D eigenvalue weighted by atomic mass is 10.0. The highest BCUT2D eigenvalue weighted by atomic mass is 35.5. The number of anilines is 1. The molecule has 0 unspecified atom stereocenters. The van der Waals surface area contributed by atoms with Gasteiger partial charge in [0.2, 0.25) is 0 Å². The van der Waals surface area contributed by atoms with Crippen LogP contribution in [0.15, 0.2) is 36.7 Å². The summed E-state index contributed by atoms with van der Waals surface area (Å²) in [7, 11) is 0. The normalized spacial score (nSPS) is 12.4. The van der Waals surface area contributed by atoms with Crippen LogP contribution in [-0.4, -0.2) is 19.7 Å². The van der Waals surface area contributed by atoms with Crippen molar-refractivity contribution in [3.05, 3.63) is 52.9 Å². The average Bonchev–Trinajstić information content (AvgIpc) is 2.92.